The van der Waals surface area contributed by atoms with Crippen LogP contribution in [0.5, 0.6) is 0 Å². The Labute approximate surface area is 141 Å². The molecule has 130 valence electrons. The van der Waals surface area contributed by atoms with Gasteiger partial charge in [0.05, 0.1) is 6.10 Å². The topological polar surface area (TPSA) is 87.7 Å². The summed E-state index contributed by atoms with van der Waals surface area (Å²) in [6, 6.07) is 1.72. The lowest BCUT2D eigenvalue weighted by molar-refractivity contribution is -0.118. The maximum absolute atomic E-state index is 12.4. The molecule has 1 aromatic heterocycles. The number of carbonyl (C=O) groups excluding carboxylic acids is 2. The van der Waals surface area contributed by atoms with Crippen molar-refractivity contribution in [3.63, 3.8) is 0 Å². The van der Waals surface area contributed by atoms with E-state index in [1.54, 1.807) is 17.9 Å². The molecule has 1 aromatic rings. The maximum atomic E-state index is 12.4. The molecule has 8 nitrogen and oxygen atoms in total. The third-order valence-electron chi connectivity index (χ3n) is 4.36. The number of nitrogens with zero attached hydrogens (tertiary/aromatic N) is 4. The molecule has 2 aliphatic rings. The second-order valence-electron chi connectivity index (χ2n) is 6.13. The van der Waals surface area contributed by atoms with E-state index >= 15 is 0 Å². The first-order valence-electron chi connectivity index (χ1n) is 8.35. The standard InChI is InChI=1S/C16H23N5O3/c1-12-18-14(16(23)17-10-13-3-2-8-24-13)9-15(19-12)21-6-4-20(11-22)5-7-21/h9,11,13H,2-8,10H2,1H3,(H,17,23). The normalized spacial score (nSPS) is 21.0. The Bertz CT molecular complexity index is 595. The van der Waals surface area contributed by atoms with Crippen LogP contribution in [0.2, 0.25) is 0 Å². The summed E-state index contributed by atoms with van der Waals surface area (Å²) in [6.45, 7) is 5.78. The quantitative estimate of drug-likeness (QED) is 0.762. The van der Waals surface area contributed by atoms with Crippen LogP contribution in [-0.2, 0) is 9.53 Å². The predicted octanol–water partition coefficient (Wildman–Crippen LogP) is -0.0278. The minimum atomic E-state index is -0.205. The molecule has 0 spiro atoms. The molecule has 0 bridgehead atoms. The van der Waals surface area contributed by atoms with Crippen LogP contribution in [0.15, 0.2) is 6.07 Å². The molecular formula is C16H23N5O3. The molecule has 3 rings (SSSR count). The zero-order valence-electron chi connectivity index (χ0n) is 13.9. The van der Waals surface area contributed by atoms with Crippen LogP contribution in [0.4, 0.5) is 5.82 Å². The van der Waals surface area contributed by atoms with E-state index in [1.807, 2.05) is 0 Å². The lowest BCUT2D eigenvalue weighted by Crippen LogP contribution is -2.46. The van der Waals surface area contributed by atoms with Crippen molar-refractivity contribution in [3.05, 3.63) is 17.6 Å². The number of hydrogen-bond donors (Lipinski definition) is 1. The number of piperazine rings is 1. The van der Waals surface area contributed by atoms with E-state index in [9.17, 15) is 9.59 Å². The average Bonchev–Trinajstić information content (AvgIpc) is 3.12. The summed E-state index contributed by atoms with van der Waals surface area (Å²) < 4.78 is 5.51. The number of ether oxygens (including phenoxy) is 1. The number of aryl methyl sites for hydroxylation is 1. The zero-order valence-corrected chi connectivity index (χ0v) is 13.9. The second kappa shape index (κ2) is 7.57. The molecule has 2 amide bonds. The van der Waals surface area contributed by atoms with E-state index in [0.29, 0.717) is 44.2 Å². The van der Waals surface area contributed by atoms with E-state index in [1.165, 1.54) is 0 Å². The first-order chi connectivity index (χ1) is 11.7. The van der Waals surface area contributed by atoms with Crippen molar-refractivity contribution in [3.8, 4) is 0 Å². The van der Waals surface area contributed by atoms with Gasteiger partial charge in [-0.25, -0.2) is 9.97 Å². The number of nitrogens with one attached hydrogen (secondary N) is 1. The van der Waals surface area contributed by atoms with Gasteiger partial charge in [-0.3, -0.25) is 9.59 Å². The predicted molar refractivity (Wildman–Crippen MR) is 87.9 cm³/mol. The summed E-state index contributed by atoms with van der Waals surface area (Å²) in [5.41, 5.74) is 0.369. The zero-order chi connectivity index (χ0) is 16.9. The molecule has 1 atom stereocenters. The number of hydrogen-bond acceptors (Lipinski definition) is 6. The second-order valence-corrected chi connectivity index (χ2v) is 6.13. The van der Waals surface area contributed by atoms with Crippen molar-refractivity contribution in [2.75, 3.05) is 44.2 Å². The molecule has 2 saturated heterocycles. The first kappa shape index (κ1) is 16.6. The largest absolute Gasteiger partial charge is 0.376 e. The Balaban J connectivity index is 1.64. The lowest BCUT2D eigenvalue weighted by Gasteiger charge is -2.33. The molecule has 24 heavy (non-hydrogen) atoms. The van der Waals surface area contributed by atoms with Gasteiger partial charge in [0.15, 0.2) is 0 Å². The van der Waals surface area contributed by atoms with Gasteiger partial charge in [0.1, 0.15) is 17.3 Å². The highest BCUT2D eigenvalue weighted by Gasteiger charge is 2.20. The minimum Gasteiger partial charge on any atom is -0.376 e. The van der Waals surface area contributed by atoms with Crippen LogP contribution in [0.3, 0.4) is 0 Å². The van der Waals surface area contributed by atoms with E-state index in [-0.39, 0.29) is 12.0 Å². The van der Waals surface area contributed by atoms with Gasteiger partial charge >= 0.3 is 0 Å². The van der Waals surface area contributed by atoms with Gasteiger partial charge < -0.3 is 19.9 Å². The van der Waals surface area contributed by atoms with Crippen molar-refractivity contribution in [2.45, 2.75) is 25.9 Å². The smallest absolute Gasteiger partial charge is 0.270 e. The van der Waals surface area contributed by atoms with Crippen molar-refractivity contribution in [2.24, 2.45) is 0 Å². The van der Waals surface area contributed by atoms with E-state index in [0.717, 1.165) is 31.7 Å². The van der Waals surface area contributed by atoms with Gasteiger partial charge in [0, 0.05) is 45.4 Å². The van der Waals surface area contributed by atoms with Gasteiger partial charge in [-0.05, 0) is 19.8 Å². The fraction of sp³-hybridized carbons (Fsp3) is 0.625. The number of aromatic nitrogens is 2. The lowest BCUT2D eigenvalue weighted by atomic mass is 10.2. The molecule has 2 aliphatic heterocycles. The van der Waals surface area contributed by atoms with Crippen molar-refractivity contribution >= 4 is 18.1 Å². The number of amides is 2. The fourth-order valence-corrected chi connectivity index (χ4v) is 2.99. The highest BCUT2D eigenvalue weighted by atomic mass is 16.5. The Morgan fingerprint density at radius 1 is 1.38 bits per heavy atom. The summed E-state index contributed by atoms with van der Waals surface area (Å²) in [5.74, 6) is 1.09. The maximum Gasteiger partial charge on any atom is 0.270 e. The summed E-state index contributed by atoms with van der Waals surface area (Å²) in [5, 5.41) is 2.89. The molecule has 0 saturated carbocycles. The molecular weight excluding hydrogens is 310 g/mol. The summed E-state index contributed by atoms with van der Waals surface area (Å²) in [7, 11) is 0. The molecule has 1 N–H and O–H groups in total. The molecule has 8 heteroatoms. The number of anilines is 1. The molecule has 0 aromatic carbocycles. The molecule has 3 heterocycles. The third kappa shape index (κ3) is 4.00. The van der Waals surface area contributed by atoms with Gasteiger partial charge in [0.2, 0.25) is 6.41 Å². The molecule has 0 aliphatic carbocycles. The van der Waals surface area contributed by atoms with E-state index < -0.39 is 0 Å². The third-order valence-corrected chi connectivity index (χ3v) is 4.36. The monoisotopic (exact) mass is 333 g/mol. The van der Waals surface area contributed by atoms with Crippen molar-refractivity contribution in [1.82, 2.24) is 20.2 Å². The number of carbonyl (C=O) groups is 2. The Hall–Kier alpha value is -2.22. The Kier molecular flexibility index (Phi) is 5.24. The van der Waals surface area contributed by atoms with Crippen LogP contribution in [0.1, 0.15) is 29.2 Å². The van der Waals surface area contributed by atoms with Gasteiger partial charge in [0.25, 0.3) is 5.91 Å². The highest BCUT2D eigenvalue weighted by molar-refractivity contribution is 5.93. The van der Waals surface area contributed by atoms with Gasteiger partial charge in [-0.15, -0.1) is 0 Å². The summed E-state index contributed by atoms with van der Waals surface area (Å²) in [6.07, 6.45) is 3.00. The van der Waals surface area contributed by atoms with Gasteiger partial charge in [-0.1, -0.05) is 0 Å². The Morgan fingerprint density at radius 2 is 2.17 bits per heavy atom. The molecule has 0 radical (unpaired) electrons. The van der Waals surface area contributed by atoms with Crippen molar-refractivity contribution in [1.29, 1.82) is 0 Å². The van der Waals surface area contributed by atoms with Crippen LogP contribution in [0.25, 0.3) is 0 Å². The first-order valence-corrected chi connectivity index (χ1v) is 8.35. The van der Waals surface area contributed by atoms with E-state index in [2.05, 4.69) is 20.2 Å². The van der Waals surface area contributed by atoms with Crippen LogP contribution in [0, 0.1) is 6.92 Å². The summed E-state index contributed by atoms with van der Waals surface area (Å²) in [4.78, 5) is 35.6. The van der Waals surface area contributed by atoms with Crippen LogP contribution >= 0.6 is 0 Å². The highest BCUT2D eigenvalue weighted by Crippen LogP contribution is 2.15. The average molecular weight is 333 g/mol. The Morgan fingerprint density at radius 3 is 2.83 bits per heavy atom. The van der Waals surface area contributed by atoms with Gasteiger partial charge in [-0.2, -0.15) is 0 Å². The van der Waals surface area contributed by atoms with Crippen molar-refractivity contribution < 1.29 is 14.3 Å². The SMILES string of the molecule is Cc1nc(C(=O)NCC2CCCO2)cc(N2CCN(C=O)CC2)n1. The van der Waals surface area contributed by atoms with E-state index in [4.69, 9.17) is 4.74 Å². The van der Waals surface area contributed by atoms with Crippen LogP contribution < -0.4 is 10.2 Å². The molecule has 1 unspecified atom stereocenters. The summed E-state index contributed by atoms with van der Waals surface area (Å²) >= 11 is 0. The number of rotatable bonds is 5. The minimum absolute atomic E-state index is 0.104. The fourth-order valence-electron chi connectivity index (χ4n) is 2.99. The van der Waals surface area contributed by atoms with Crippen LogP contribution in [-0.4, -0.2) is 72.6 Å². The molecule has 2 fully saturated rings.